The molecule has 0 spiro atoms. The number of methoxy groups -OCH3 is 2. The van der Waals surface area contributed by atoms with E-state index in [1.54, 1.807) is 26.4 Å². The number of carbonyl (C=O) groups excluding carboxylic acids is 1. The number of carbonyl (C=O) groups is 1. The predicted octanol–water partition coefficient (Wildman–Crippen LogP) is 2.30. The molecular weight excluding hydrogens is 346 g/mol. The van der Waals surface area contributed by atoms with E-state index in [1.165, 1.54) is 11.2 Å². The van der Waals surface area contributed by atoms with E-state index < -0.39 is 0 Å². The maximum absolute atomic E-state index is 12.4. The SMILES string of the molecule is COc1ccc(-c2nnn(CC(=O)NC3CCCC(C)C3C)n2)cc1OC. The molecule has 146 valence electrons. The van der Waals surface area contributed by atoms with Gasteiger partial charge in [-0.05, 0) is 41.7 Å². The minimum absolute atomic E-state index is 0.0535. The monoisotopic (exact) mass is 373 g/mol. The van der Waals surface area contributed by atoms with Crippen LogP contribution < -0.4 is 14.8 Å². The number of hydrogen-bond acceptors (Lipinski definition) is 6. The summed E-state index contributed by atoms with van der Waals surface area (Å²) in [4.78, 5) is 13.7. The molecule has 1 aliphatic rings. The van der Waals surface area contributed by atoms with Gasteiger partial charge in [0, 0.05) is 11.6 Å². The molecule has 0 saturated heterocycles. The topological polar surface area (TPSA) is 91.2 Å². The normalized spacial score (nSPS) is 22.3. The van der Waals surface area contributed by atoms with E-state index in [1.807, 2.05) is 6.07 Å². The summed E-state index contributed by atoms with van der Waals surface area (Å²) in [5.74, 6) is 2.67. The number of hydrogen-bond donors (Lipinski definition) is 1. The Morgan fingerprint density at radius 2 is 2.00 bits per heavy atom. The highest BCUT2D eigenvalue weighted by atomic mass is 16.5. The van der Waals surface area contributed by atoms with Gasteiger partial charge in [-0.3, -0.25) is 4.79 Å². The first-order valence-corrected chi connectivity index (χ1v) is 9.31. The van der Waals surface area contributed by atoms with Crippen molar-refractivity contribution in [1.29, 1.82) is 0 Å². The van der Waals surface area contributed by atoms with Crippen LogP contribution in [0.3, 0.4) is 0 Å². The first-order chi connectivity index (χ1) is 13.0. The Bertz CT molecular complexity index is 791. The van der Waals surface area contributed by atoms with Crippen molar-refractivity contribution in [3.05, 3.63) is 18.2 Å². The van der Waals surface area contributed by atoms with Crippen LogP contribution in [-0.4, -0.2) is 46.4 Å². The molecule has 0 aliphatic heterocycles. The number of amides is 1. The van der Waals surface area contributed by atoms with Crippen molar-refractivity contribution in [2.45, 2.75) is 45.7 Å². The van der Waals surface area contributed by atoms with Crippen LogP contribution in [0.2, 0.25) is 0 Å². The number of rotatable bonds is 6. The van der Waals surface area contributed by atoms with E-state index in [4.69, 9.17) is 9.47 Å². The Labute approximate surface area is 159 Å². The third-order valence-corrected chi connectivity index (χ3v) is 5.43. The predicted molar refractivity (Wildman–Crippen MR) is 100 cm³/mol. The minimum atomic E-state index is -0.0859. The van der Waals surface area contributed by atoms with Gasteiger partial charge < -0.3 is 14.8 Å². The average Bonchev–Trinajstić information content (AvgIpc) is 3.13. The van der Waals surface area contributed by atoms with Crippen LogP contribution in [0.5, 0.6) is 11.5 Å². The van der Waals surface area contributed by atoms with Crippen molar-refractivity contribution in [1.82, 2.24) is 25.5 Å². The molecule has 8 heteroatoms. The van der Waals surface area contributed by atoms with E-state index in [9.17, 15) is 4.79 Å². The van der Waals surface area contributed by atoms with Crippen LogP contribution in [0.25, 0.3) is 11.4 Å². The van der Waals surface area contributed by atoms with Crippen molar-refractivity contribution >= 4 is 5.91 Å². The molecule has 1 fully saturated rings. The van der Waals surface area contributed by atoms with Gasteiger partial charge in [0.2, 0.25) is 11.7 Å². The second-order valence-corrected chi connectivity index (χ2v) is 7.15. The van der Waals surface area contributed by atoms with Gasteiger partial charge in [-0.2, -0.15) is 4.80 Å². The summed E-state index contributed by atoms with van der Waals surface area (Å²) in [5.41, 5.74) is 0.744. The smallest absolute Gasteiger partial charge is 0.243 e. The summed E-state index contributed by atoms with van der Waals surface area (Å²) >= 11 is 0. The Morgan fingerprint density at radius 3 is 2.74 bits per heavy atom. The highest BCUT2D eigenvalue weighted by molar-refractivity contribution is 5.76. The van der Waals surface area contributed by atoms with Gasteiger partial charge in [0.15, 0.2) is 11.5 Å². The molecule has 1 aromatic carbocycles. The molecule has 3 rings (SSSR count). The maximum Gasteiger partial charge on any atom is 0.243 e. The van der Waals surface area contributed by atoms with Gasteiger partial charge in [0.1, 0.15) is 6.54 Å². The molecule has 1 saturated carbocycles. The molecule has 0 radical (unpaired) electrons. The van der Waals surface area contributed by atoms with Crippen LogP contribution in [-0.2, 0) is 11.3 Å². The van der Waals surface area contributed by atoms with E-state index >= 15 is 0 Å². The summed E-state index contributed by atoms with van der Waals surface area (Å²) in [5, 5.41) is 15.5. The van der Waals surface area contributed by atoms with E-state index in [0.29, 0.717) is 29.2 Å². The second kappa shape index (κ2) is 8.37. The number of nitrogens with zero attached hydrogens (tertiary/aromatic N) is 4. The largest absolute Gasteiger partial charge is 0.493 e. The molecule has 8 nitrogen and oxygen atoms in total. The summed E-state index contributed by atoms with van der Waals surface area (Å²) in [6.45, 7) is 4.51. The zero-order chi connectivity index (χ0) is 19.4. The quantitative estimate of drug-likeness (QED) is 0.835. The lowest BCUT2D eigenvalue weighted by Gasteiger charge is -2.34. The molecule has 1 amide bonds. The van der Waals surface area contributed by atoms with E-state index in [0.717, 1.165) is 18.4 Å². The number of aromatic nitrogens is 4. The Balaban J connectivity index is 1.65. The van der Waals surface area contributed by atoms with E-state index in [2.05, 4.69) is 34.6 Å². The highest BCUT2D eigenvalue weighted by Crippen LogP contribution is 2.31. The zero-order valence-corrected chi connectivity index (χ0v) is 16.3. The summed E-state index contributed by atoms with van der Waals surface area (Å²) in [6.07, 6.45) is 3.41. The third kappa shape index (κ3) is 4.37. The molecule has 0 bridgehead atoms. The van der Waals surface area contributed by atoms with Crippen molar-refractivity contribution in [3.8, 4) is 22.9 Å². The van der Waals surface area contributed by atoms with Gasteiger partial charge in [0.05, 0.1) is 14.2 Å². The number of ether oxygens (including phenoxy) is 2. The standard InChI is InChI=1S/C19H27N5O3/c1-12-6-5-7-15(13(12)2)20-18(25)11-24-22-19(21-23-24)14-8-9-16(26-3)17(10-14)27-4/h8-10,12-13,15H,5-7,11H2,1-4H3,(H,20,25). The summed E-state index contributed by atoms with van der Waals surface area (Å²) < 4.78 is 10.5. The first kappa shape index (κ1) is 19.1. The van der Waals surface area contributed by atoms with Crippen molar-refractivity contribution in [2.24, 2.45) is 11.8 Å². The number of nitrogens with one attached hydrogen (secondary N) is 1. The van der Waals surface area contributed by atoms with Gasteiger partial charge in [-0.1, -0.05) is 26.7 Å². The number of benzene rings is 1. The minimum Gasteiger partial charge on any atom is -0.493 e. The fourth-order valence-corrected chi connectivity index (χ4v) is 3.57. The molecule has 1 aliphatic carbocycles. The zero-order valence-electron chi connectivity index (χ0n) is 16.3. The van der Waals surface area contributed by atoms with Crippen LogP contribution in [0.1, 0.15) is 33.1 Å². The van der Waals surface area contributed by atoms with Gasteiger partial charge in [-0.25, -0.2) is 0 Å². The highest BCUT2D eigenvalue weighted by Gasteiger charge is 2.28. The Morgan fingerprint density at radius 1 is 1.22 bits per heavy atom. The van der Waals surface area contributed by atoms with E-state index in [-0.39, 0.29) is 18.5 Å². The second-order valence-electron chi connectivity index (χ2n) is 7.15. The molecular formula is C19H27N5O3. The Kier molecular flexibility index (Phi) is 5.93. The molecule has 3 unspecified atom stereocenters. The molecule has 27 heavy (non-hydrogen) atoms. The molecule has 1 aromatic heterocycles. The molecule has 1 heterocycles. The van der Waals surface area contributed by atoms with Crippen LogP contribution in [0.15, 0.2) is 18.2 Å². The van der Waals surface area contributed by atoms with Crippen LogP contribution in [0, 0.1) is 11.8 Å². The molecule has 3 atom stereocenters. The lowest BCUT2D eigenvalue weighted by atomic mass is 9.78. The lowest BCUT2D eigenvalue weighted by molar-refractivity contribution is -0.123. The fourth-order valence-electron chi connectivity index (χ4n) is 3.57. The van der Waals surface area contributed by atoms with Gasteiger partial charge in [0.25, 0.3) is 0 Å². The summed E-state index contributed by atoms with van der Waals surface area (Å²) in [7, 11) is 3.15. The van der Waals surface area contributed by atoms with Crippen molar-refractivity contribution < 1.29 is 14.3 Å². The Hall–Kier alpha value is -2.64. The lowest BCUT2D eigenvalue weighted by Crippen LogP contribution is -2.45. The third-order valence-electron chi connectivity index (χ3n) is 5.43. The average molecular weight is 373 g/mol. The first-order valence-electron chi connectivity index (χ1n) is 9.31. The van der Waals surface area contributed by atoms with Crippen molar-refractivity contribution in [2.75, 3.05) is 14.2 Å². The molecule has 2 aromatic rings. The van der Waals surface area contributed by atoms with Crippen LogP contribution in [0.4, 0.5) is 0 Å². The maximum atomic E-state index is 12.4. The van der Waals surface area contributed by atoms with Crippen LogP contribution >= 0.6 is 0 Å². The van der Waals surface area contributed by atoms with Gasteiger partial charge >= 0.3 is 0 Å². The van der Waals surface area contributed by atoms with Crippen molar-refractivity contribution in [3.63, 3.8) is 0 Å². The summed E-state index contributed by atoms with van der Waals surface area (Å²) in [6, 6.07) is 5.61. The van der Waals surface area contributed by atoms with Gasteiger partial charge in [-0.15, -0.1) is 10.2 Å². The molecule has 1 N–H and O–H groups in total. The number of tetrazole rings is 1. The fraction of sp³-hybridized carbons (Fsp3) is 0.579.